The Bertz CT molecular complexity index is 705. The Hall–Kier alpha value is -2.61. The predicted molar refractivity (Wildman–Crippen MR) is 86.9 cm³/mol. The monoisotopic (exact) mass is 293 g/mol. The van der Waals surface area contributed by atoms with Crippen LogP contribution in [0.3, 0.4) is 0 Å². The number of hydrogen-bond acceptors (Lipinski definition) is 5. The van der Waals surface area contributed by atoms with Crippen LogP contribution in [0.2, 0.25) is 0 Å². The first kappa shape index (κ1) is 14.3. The molecule has 2 aromatic rings. The van der Waals surface area contributed by atoms with Crippen LogP contribution in [0, 0.1) is 25.2 Å². The van der Waals surface area contributed by atoms with Gasteiger partial charge in [-0.15, -0.1) is 5.10 Å². The molecule has 1 saturated heterocycles. The number of nitrogens with one attached hydrogen (secondary N) is 1. The zero-order chi connectivity index (χ0) is 15.5. The van der Waals surface area contributed by atoms with Gasteiger partial charge in [0.15, 0.2) is 5.82 Å². The van der Waals surface area contributed by atoms with E-state index in [4.69, 9.17) is 0 Å². The molecule has 0 amide bonds. The number of hydrogen-bond donors (Lipinski definition) is 1. The zero-order valence-electron chi connectivity index (χ0n) is 12.9. The topological polar surface area (TPSA) is 64.8 Å². The van der Waals surface area contributed by atoms with E-state index in [-0.39, 0.29) is 6.04 Å². The maximum Gasteiger partial charge on any atom is 0.167 e. The second-order valence-corrected chi connectivity index (χ2v) is 5.66. The van der Waals surface area contributed by atoms with Crippen LogP contribution in [0.5, 0.6) is 0 Å². The molecular formula is C17H19N5. The van der Waals surface area contributed by atoms with Crippen molar-refractivity contribution in [1.82, 2.24) is 10.2 Å². The molecule has 1 N–H and O–H groups in total. The Kier molecular flexibility index (Phi) is 3.92. The predicted octanol–water partition coefficient (Wildman–Crippen LogP) is 2.66. The lowest BCUT2D eigenvalue weighted by molar-refractivity contribution is 0.789. The van der Waals surface area contributed by atoms with E-state index in [1.165, 1.54) is 5.69 Å². The molecule has 1 unspecified atom stereocenters. The molecule has 0 saturated carbocycles. The highest BCUT2D eigenvalue weighted by molar-refractivity contribution is 5.57. The Morgan fingerprint density at radius 2 is 2.00 bits per heavy atom. The highest BCUT2D eigenvalue weighted by Crippen LogP contribution is 2.23. The molecule has 0 bridgehead atoms. The minimum atomic E-state index is 0.281. The fourth-order valence-corrected chi connectivity index (χ4v) is 2.79. The summed E-state index contributed by atoms with van der Waals surface area (Å²) in [7, 11) is 0. The van der Waals surface area contributed by atoms with Gasteiger partial charge in [0.25, 0.3) is 0 Å². The molecule has 0 spiro atoms. The smallest absolute Gasteiger partial charge is 0.167 e. The summed E-state index contributed by atoms with van der Waals surface area (Å²) in [6.45, 7) is 5.70. The SMILES string of the molecule is Cc1nnc(NC2CCN(c3ccccc3)C2)c(C#N)c1C. The van der Waals surface area contributed by atoms with Crippen molar-refractivity contribution in [3.05, 3.63) is 47.2 Å². The maximum atomic E-state index is 9.36. The van der Waals surface area contributed by atoms with Crippen LogP contribution < -0.4 is 10.2 Å². The average Bonchev–Trinajstić information content (AvgIpc) is 3.01. The molecule has 3 rings (SSSR count). The van der Waals surface area contributed by atoms with Crippen molar-refractivity contribution in [1.29, 1.82) is 5.26 Å². The van der Waals surface area contributed by atoms with E-state index in [1.54, 1.807) is 0 Å². The largest absolute Gasteiger partial charge is 0.369 e. The molecule has 0 aliphatic carbocycles. The van der Waals surface area contributed by atoms with Gasteiger partial charge in [0, 0.05) is 24.8 Å². The molecule has 1 aliphatic heterocycles. The van der Waals surface area contributed by atoms with E-state index in [0.29, 0.717) is 11.4 Å². The van der Waals surface area contributed by atoms with Crippen LogP contribution in [-0.4, -0.2) is 29.3 Å². The molecule has 22 heavy (non-hydrogen) atoms. The van der Waals surface area contributed by atoms with E-state index in [2.05, 4.69) is 50.7 Å². The van der Waals surface area contributed by atoms with Crippen LogP contribution in [0.4, 0.5) is 11.5 Å². The van der Waals surface area contributed by atoms with Crippen molar-refractivity contribution >= 4 is 11.5 Å². The lowest BCUT2D eigenvalue weighted by atomic mass is 10.1. The van der Waals surface area contributed by atoms with Gasteiger partial charge in [0.05, 0.1) is 5.69 Å². The van der Waals surface area contributed by atoms with Gasteiger partial charge < -0.3 is 10.2 Å². The van der Waals surface area contributed by atoms with Gasteiger partial charge in [-0.05, 0) is 38.0 Å². The van der Waals surface area contributed by atoms with Gasteiger partial charge in [-0.3, -0.25) is 0 Å². The molecule has 5 heteroatoms. The summed E-state index contributed by atoms with van der Waals surface area (Å²) >= 11 is 0. The molecule has 1 aromatic carbocycles. The Balaban J connectivity index is 1.74. The molecule has 1 aliphatic rings. The minimum absolute atomic E-state index is 0.281. The van der Waals surface area contributed by atoms with Crippen LogP contribution in [0.1, 0.15) is 23.2 Å². The van der Waals surface area contributed by atoms with Gasteiger partial charge in [-0.2, -0.15) is 10.4 Å². The fourth-order valence-electron chi connectivity index (χ4n) is 2.79. The lowest BCUT2D eigenvalue weighted by Crippen LogP contribution is -2.27. The third-order valence-electron chi connectivity index (χ3n) is 4.22. The number of nitriles is 1. The number of para-hydroxylation sites is 1. The molecular weight excluding hydrogens is 274 g/mol. The number of benzene rings is 1. The van der Waals surface area contributed by atoms with Gasteiger partial charge in [-0.1, -0.05) is 18.2 Å². The van der Waals surface area contributed by atoms with E-state index in [1.807, 2.05) is 19.9 Å². The Morgan fingerprint density at radius 1 is 1.23 bits per heavy atom. The molecule has 1 fully saturated rings. The summed E-state index contributed by atoms with van der Waals surface area (Å²) in [6, 6.07) is 12.9. The summed E-state index contributed by atoms with van der Waals surface area (Å²) in [4.78, 5) is 2.35. The maximum absolute atomic E-state index is 9.36. The summed E-state index contributed by atoms with van der Waals surface area (Å²) in [6.07, 6.45) is 1.02. The number of aromatic nitrogens is 2. The van der Waals surface area contributed by atoms with Crippen molar-refractivity contribution in [3.8, 4) is 6.07 Å². The first-order chi connectivity index (χ1) is 10.7. The second-order valence-electron chi connectivity index (χ2n) is 5.66. The van der Waals surface area contributed by atoms with Gasteiger partial charge in [0.2, 0.25) is 0 Å². The number of aryl methyl sites for hydroxylation is 1. The first-order valence-corrected chi connectivity index (χ1v) is 7.49. The Labute approximate surface area is 130 Å². The molecule has 112 valence electrons. The quantitative estimate of drug-likeness (QED) is 0.942. The summed E-state index contributed by atoms with van der Waals surface area (Å²) in [5, 5.41) is 21.0. The molecule has 1 aromatic heterocycles. The van der Waals surface area contributed by atoms with Crippen molar-refractivity contribution in [2.75, 3.05) is 23.3 Å². The van der Waals surface area contributed by atoms with Crippen molar-refractivity contribution in [2.45, 2.75) is 26.3 Å². The molecule has 2 heterocycles. The van der Waals surface area contributed by atoms with Gasteiger partial charge in [0.1, 0.15) is 11.6 Å². The third kappa shape index (κ3) is 2.73. The van der Waals surface area contributed by atoms with Crippen LogP contribution in [0.15, 0.2) is 30.3 Å². The van der Waals surface area contributed by atoms with E-state index in [9.17, 15) is 5.26 Å². The van der Waals surface area contributed by atoms with Gasteiger partial charge in [-0.25, -0.2) is 0 Å². The normalized spacial score (nSPS) is 17.3. The number of rotatable bonds is 3. The van der Waals surface area contributed by atoms with Crippen molar-refractivity contribution in [2.24, 2.45) is 0 Å². The zero-order valence-corrected chi connectivity index (χ0v) is 12.9. The van der Waals surface area contributed by atoms with Gasteiger partial charge >= 0.3 is 0 Å². The molecule has 5 nitrogen and oxygen atoms in total. The molecule has 1 atom stereocenters. The highest BCUT2D eigenvalue weighted by atomic mass is 15.2. The van der Waals surface area contributed by atoms with E-state index >= 15 is 0 Å². The fraction of sp³-hybridized carbons (Fsp3) is 0.353. The van der Waals surface area contributed by atoms with Crippen LogP contribution in [0.25, 0.3) is 0 Å². The van der Waals surface area contributed by atoms with Crippen molar-refractivity contribution in [3.63, 3.8) is 0 Å². The standard InChI is InChI=1S/C17H19N5/c1-12-13(2)20-21-17(16(12)10-18)19-14-8-9-22(11-14)15-6-4-3-5-7-15/h3-7,14H,8-9,11H2,1-2H3,(H,19,21). The first-order valence-electron chi connectivity index (χ1n) is 7.49. The van der Waals surface area contributed by atoms with Crippen LogP contribution >= 0.6 is 0 Å². The van der Waals surface area contributed by atoms with E-state index in [0.717, 1.165) is 30.8 Å². The third-order valence-corrected chi connectivity index (χ3v) is 4.22. The molecule has 0 radical (unpaired) electrons. The Morgan fingerprint density at radius 3 is 2.73 bits per heavy atom. The van der Waals surface area contributed by atoms with Crippen LogP contribution in [-0.2, 0) is 0 Å². The second kappa shape index (κ2) is 6.02. The minimum Gasteiger partial charge on any atom is -0.369 e. The number of anilines is 2. The van der Waals surface area contributed by atoms with E-state index < -0.39 is 0 Å². The summed E-state index contributed by atoms with van der Waals surface area (Å²) in [5.41, 5.74) is 3.54. The average molecular weight is 293 g/mol. The number of nitrogens with zero attached hydrogens (tertiary/aromatic N) is 4. The lowest BCUT2D eigenvalue weighted by Gasteiger charge is -2.19. The summed E-state index contributed by atoms with van der Waals surface area (Å²) < 4.78 is 0. The summed E-state index contributed by atoms with van der Waals surface area (Å²) in [5.74, 6) is 0.602. The highest BCUT2D eigenvalue weighted by Gasteiger charge is 2.24. The van der Waals surface area contributed by atoms with Crippen molar-refractivity contribution < 1.29 is 0 Å².